The second-order valence-electron chi connectivity index (χ2n) is 7.34. The van der Waals surface area contributed by atoms with Crippen molar-refractivity contribution in [2.24, 2.45) is 5.92 Å². The van der Waals surface area contributed by atoms with Crippen LogP contribution in [0.5, 0.6) is 0 Å². The Morgan fingerprint density at radius 1 is 1.22 bits per heavy atom. The van der Waals surface area contributed by atoms with Crippen molar-refractivity contribution in [2.45, 2.75) is 39.0 Å². The van der Waals surface area contributed by atoms with Crippen LogP contribution < -0.4 is 10.2 Å². The van der Waals surface area contributed by atoms with E-state index in [2.05, 4.69) is 5.32 Å². The molecule has 2 saturated heterocycles. The Balaban J connectivity index is 1.52. The Hall–Kier alpha value is -2.44. The van der Waals surface area contributed by atoms with E-state index >= 15 is 0 Å². The molecule has 3 amide bonds. The molecule has 1 N–H and O–H groups in total. The van der Waals surface area contributed by atoms with Crippen molar-refractivity contribution in [1.29, 1.82) is 0 Å². The Morgan fingerprint density at radius 2 is 2.04 bits per heavy atom. The zero-order chi connectivity index (χ0) is 19.4. The molecule has 2 heterocycles. The molecule has 27 heavy (non-hydrogen) atoms. The average Bonchev–Trinajstić information content (AvgIpc) is 2.89. The minimum absolute atomic E-state index is 0.0712. The van der Waals surface area contributed by atoms with Gasteiger partial charge in [0.1, 0.15) is 5.82 Å². The molecule has 2 aliphatic rings. The minimum atomic E-state index is -0.502. The van der Waals surface area contributed by atoms with Gasteiger partial charge in [-0.1, -0.05) is 12.5 Å². The second kappa shape index (κ2) is 8.50. The van der Waals surface area contributed by atoms with Crippen molar-refractivity contribution in [3.63, 3.8) is 0 Å². The third-order valence-electron chi connectivity index (χ3n) is 5.24. The maximum atomic E-state index is 14.2. The van der Waals surface area contributed by atoms with Gasteiger partial charge in [0.2, 0.25) is 17.7 Å². The molecule has 0 aliphatic carbocycles. The smallest absolute Gasteiger partial charge is 0.227 e. The SMILES string of the molecule is Cc1ccc(N2CC(C(=O)NCCN3CCCCCC3=O)CC2=O)c(F)c1. The van der Waals surface area contributed by atoms with Crippen LogP contribution in [0.15, 0.2) is 18.2 Å². The van der Waals surface area contributed by atoms with Crippen molar-refractivity contribution >= 4 is 23.4 Å². The van der Waals surface area contributed by atoms with E-state index in [4.69, 9.17) is 0 Å². The van der Waals surface area contributed by atoms with Crippen LogP contribution >= 0.6 is 0 Å². The predicted molar refractivity (Wildman–Crippen MR) is 99.7 cm³/mol. The number of aryl methyl sites for hydroxylation is 1. The van der Waals surface area contributed by atoms with Gasteiger partial charge in [0, 0.05) is 39.0 Å². The first-order chi connectivity index (χ1) is 13.0. The molecular formula is C20H26FN3O3. The van der Waals surface area contributed by atoms with Crippen molar-refractivity contribution in [3.05, 3.63) is 29.6 Å². The summed E-state index contributed by atoms with van der Waals surface area (Å²) in [4.78, 5) is 39.8. The van der Waals surface area contributed by atoms with E-state index in [9.17, 15) is 18.8 Å². The van der Waals surface area contributed by atoms with E-state index in [1.165, 1.54) is 11.0 Å². The molecule has 2 fully saturated rings. The number of anilines is 1. The van der Waals surface area contributed by atoms with Crippen molar-refractivity contribution in [2.75, 3.05) is 31.1 Å². The first-order valence-electron chi connectivity index (χ1n) is 9.57. The van der Waals surface area contributed by atoms with Gasteiger partial charge in [0.05, 0.1) is 11.6 Å². The molecule has 0 saturated carbocycles. The summed E-state index contributed by atoms with van der Waals surface area (Å²) in [6.45, 7) is 3.55. The van der Waals surface area contributed by atoms with Crippen LogP contribution in [0.4, 0.5) is 10.1 Å². The maximum absolute atomic E-state index is 14.2. The molecule has 7 heteroatoms. The van der Waals surface area contributed by atoms with Gasteiger partial charge in [-0.3, -0.25) is 14.4 Å². The first kappa shape index (κ1) is 19.3. The van der Waals surface area contributed by atoms with Crippen LogP contribution in [0.25, 0.3) is 0 Å². The van der Waals surface area contributed by atoms with Crippen molar-refractivity contribution in [1.82, 2.24) is 10.2 Å². The molecule has 0 radical (unpaired) electrons. The summed E-state index contributed by atoms with van der Waals surface area (Å²) >= 11 is 0. The lowest BCUT2D eigenvalue weighted by Gasteiger charge is -2.21. The van der Waals surface area contributed by atoms with E-state index in [1.54, 1.807) is 24.0 Å². The normalized spacial score (nSPS) is 20.7. The highest BCUT2D eigenvalue weighted by atomic mass is 19.1. The molecule has 1 aromatic rings. The van der Waals surface area contributed by atoms with Gasteiger partial charge < -0.3 is 15.1 Å². The standard InChI is InChI=1S/C20H26FN3O3/c1-14-6-7-17(16(21)11-14)24-13-15(12-19(24)26)20(27)22-8-10-23-9-4-2-3-5-18(23)25/h6-7,11,15H,2-5,8-10,12-13H2,1H3,(H,22,27). The Morgan fingerprint density at radius 3 is 2.81 bits per heavy atom. The van der Waals surface area contributed by atoms with Gasteiger partial charge in [-0.15, -0.1) is 0 Å². The topological polar surface area (TPSA) is 69.7 Å². The average molecular weight is 375 g/mol. The van der Waals surface area contributed by atoms with Crippen LogP contribution in [-0.4, -0.2) is 48.8 Å². The lowest BCUT2D eigenvalue weighted by Crippen LogP contribution is -2.40. The molecule has 6 nitrogen and oxygen atoms in total. The van der Waals surface area contributed by atoms with Crippen LogP contribution in [0.2, 0.25) is 0 Å². The third kappa shape index (κ3) is 4.64. The molecular weight excluding hydrogens is 349 g/mol. The molecule has 146 valence electrons. The van der Waals surface area contributed by atoms with Gasteiger partial charge in [-0.05, 0) is 37.5 Å². The molecule has 1 unspecified atom stereocenters. The van der Waals surface area contributed by atoms with Crippen LogP contribution in [0, 0.1) is 18.7 Å². The summed E-state index contributed by atoms with van der Waals surface area (Å²) < 4.78 is 14.2. The lowest BCUT2D eigenvalue weighted by atomic mass is 10.1. The Bertz CT molecular complexity index is 737. The number of carbonyl (C=O) groups excluding carboxylic acids is 3. The van der Waals surface area contributed by atoms with Gasteiger partial charge in [0.25, 0.3) is 0 Å². The number of nitrogens with one attached hydrogen (secondary N) is 1. The first-order valence-corrected chi connectivity index (χ1v) is 9.57. The molecule has 1 atom stereocenters. The molecule has 3 rings (SSSR count). The van der Waals surface area contributed by atoms with Crippen LogP contribution in [0.3, 0.4) is 0 Å². The van der Waals surface area contributed by atoms with E-state index < -0.39 is 11.7 Å². The fourth-order valence-corrected chi connectivity index (χ4v) is 3.68. The number of benzene rings is 1. The highest BCUT2D eigenvalue weighted by molar-refractivity contribution is 6.00. The molecule has 0 aromatic heterocycles. The van der Waals surface area contributed by atoms with Gasteiger partial charge in [0.15, 0.2) is 0 Å². The van der Waals surface area contributed by atoms with Gasteiger partial charge >= 0.3 is 0 Å². The van der Waals surface area contributed by atoms with Crippen LogP contribution in [0.1, 0.15) is 37.7 Å². The van der Waals surface area contributed by atoms with E-state index in [-0.39, 0.29) is 36.4 Å². The summed E-state index contributed by atoms with van der Waals surface area (Å²) in [6, 6.07) is 4.71. The zero-order valence-electron chi connectivity index (χ0n) is 15.7. The fourth-order valence-electron chi connectivity index (χ4n) is 3.68. The number of hydrogen-bond donors (Lipinski definition) is 1. The number of carbonyl (C=O) groups is 3. The minimum Gasteiger partial charge on any atom is -0.354 e. The summed E-state index contributed by atoms with van der Waals surface area (Å²) in [5.41, 5.74) is 0.997. The lowest BCUT2D eigenvalue weighted by molar-refractivity contribution is -0.131. The quantitative estimate of drug-likeness (QED) is 0.856. The summed E-state index contributed by atoms with van der Waals surface area (Å²) in [6.07, 6.45) is 3.62. The monoisotopic (exact) mass is 375 g/mol. The van der Waals surface area contributed by atoms with Crippen molar-refractivity contribution < 1.29 is 18.8 Å². The fraction of sp³-hybridized carbons (Fsp3) is 0.550. The molecule has 0 bridgehead atoms. The highest BCUT2D eigenvalue weighted by Crippen LogP contribution is 2.28. The number of likely N-dealkylation sites (tertiary alicyclic amines) is 1. The predicted octanol–water partition coefficient (Wildman–Crippen LogP) is 2.01. The molecule has 1 aromatic carbocycles. The largest absolute Gasteiger partial charge is 0.354 e. The van der Waals surface area contributed by atoms with E-state index in [1.807, 2.05) is 0 Å². The molecule has 2 aliphatic heterocycles. The summed E-state index contributed by atoms with van der Waals surface area (Å²) in [5, 5.41) is 2.82. The maximum Gasteiger partial charge on any atom is 0.227 e. The highest BCUT2D eigenvalue weighted by Gasteiger charge is 2.36. The van der Waals surface area contributed by atoms with Gasteiger partial charge in [-0.25, -0.2) is 4.39 Å². The summed E-state index contributed by atoms with van der Waals surface area (Å²) in [7, 11) is 0. The number of rotatable bonds is 5. The molecule has 0 spiro atoms. The summed E-state index contributed by atoms with van der Waals surface area (Å²) in [5.74, 6) is -1.29. The Kier molecular flexibility index (Phi) is 6.08. The number of amides is 3. The van der Waals surface area contributed by atoms with E-state index in [0.29, 0.717) is 19.5 Å². The van der Waals surface area contributed by atoms with Crippen molar-refractivity contribution in [3.8, 4) is 0 Å². The zero-order valence-corrected chi connectivity index (χ0v) is 15.7. The van der Waals surface area contributed by atoms with Crippen LogP contribution in [-0.2, 0) is 14.4 Å². The third-order valence-corrected chi connectivity index (χ3v) is 5.24. The van der Waals surface area contributed by atoms with Gasteiger partial charge in [-0.2, -0.15) is 0 Å². The Labute approximate surface area is 158 Å². The number of hydrogen-bond acceptors (Lipinski definition) is 3. The second-order valence-corrected chi connectivity index (χ2v) is 7.34. The number of nitrogens with zero attached hydrogens (tertiary/aromatic N) is 2. The van der Waals surface area contributed by atoms with E-state index in [0.717, 1.165) is 31.4 Å². The number of halogens is 1.